The zero-order chi connectivity index (χ0) is 16.0. The summed E-state index contributed by atoms with van der Waals surface area (Å²) in [5.74, 6) is 0.652. The third kappa shape index (κ3) is 4.09. The Hall–Kier alpha value is -1.36. The minimum absolute atomic E-state index is 0.421. The highest BCUT2D eigenvalue weighted by molar-refractivity contribution is 5.61. The molecule has 22 heavy (non-hydrogen) atoms. The molecule has 0 amide bonds. The highest BCUT2D eigenvalue weighted by Crippen LogP contribution is 2.34. The number of aliphatic hydroxyl groups is 2. The van der Waals surface area contributed by atoms with Gasteiger partial charge in [0.25, 0.3) is 0 Å². The van der Waals surface area contributed by atoms with Crippen LogP contribution in [0.5, 0.6) is 5.75 Å². The summed E-state index contributed by atoms with van der Waals surface area (Å²) in [4.78, 5) is 0. The summed E-state index contributed by atoms with van der Waals surface area (Å²) in [6.45, 7) is 0.421. The average Bonchev–Trinajstić information content (AvgIpc) is 2.53. The summed E-state index contributed by atoms with van der Waals surface area (Å²) in [5, 5.41) is 20.8. The lowest BCUT2D eigenvalue weighted by Crippen LogP contribution is -2.28. The first-order valence-electron chi connectivity index (χ1n) is 8.06. The van der Waals surface area contributed by atoms with Crippen LogP contribution in [0.15, 0.2) is 24.3 Å². The molecule has 0 heterocycles. The van der Waals surface area contributed by atoms with Crippen molar-refractivity contribution in [3.63, 3.8) is 0 Å². The molecule has 1 aromatic carbocycles. The van der Waals surface area contributed by atoms with E-state index in [1.54, 1.807) is 7.11 Å². The molecule has 1 atom stereocenters. The molecule has 1 aliphatic rings. The van der Waals surface area contributed by atoms with Gasteiger partial charge in [0.05, 0.1) is 18.8 Å². The van der Waals surface area contributed by atoms with Crippen molar-refractivity contribution in [1.82, 2.24) is 0 Å². The van der Waals surface area contributed by atoms with E-state index in [1.165, 1.54) is 6.42 Å². The number of rotatable bonds is 6. The van der Waals surface area contributed by atoms with Crippen LogP contribution in [0.1, 0.15) is 55.8 Å². The van der Waals surface area contributed by atoms with E-state index in [4.69, 9.17) is 10.5 Å². The summed E-state index contributed by atoms with van der Waals surface area (Å²) in [7, 11) is 1.60. The first-order chi connectivity index (χ1) is 10.6. The summed E-state index contributed by atoms with van der Waals surface area (Å²) in [5.41, 5.74) is 6.42. The van der Waals surface area contributed by atoms with Gasteiger partial charge in [0.15, 0.2) is 0 Å². The number of ether oxygens (including phenoxy) is 1. The topological polar surface area (TPSA) is 75.7 Å². The molecule has 4 nitrogen and oxygen atoms in total. The maximum atomic E-state index is 10.6. The Labute approximate surface area is 132 Å². The van der Waals surface area contributed by atoms with Gasteiger partial charge in [-0.2, -0.15) is 0 Å². The van der Waals surface area contributed by atoms with Crippen LogP contribution in [0.2, 0.25) is 0 Å². The zero-order valence-corrected chi connectivity index (χ0v) is 13.3. The number of nitrogens with two attached hydrogens (primary N) is 1. The quantitative estimate of drug-likeness (QED) is 0.755. The Kier molecular flexibility index (Phi) is 6.00. The minimum Gasteiger partial charge on any atom is -0.496 e. The van der Waals surface area contributed by atoms with Crippen LogP contribution in [-0.2, 0) is 0 Å². The highest BCUT2D eigenvalue weighted by atomic mass is 16.5. The number of aliphatic hydroxyl groups excluding tert-OH is 1. The lowest BCUT2D eigenvalue weighted by molar-refractivity contribution is 0.0521. The van der Waals surface area contributed by atoms with Crippen molar-refractivity contribution >= 4 is 6.08 Å². The fourth-order valence-corrected chi connectivity index (χ4v) is 3.09. The van der Waals surface area contributed by atoms with E-state index < -0.39 is 11.7 Å². The largest absolute Gasteiger partial charge is 0.496 e. The molecule has 0 aromatic heterocycles. The van der Waals surface area contributed by atoms with Gasteiger partial charge in [-0.3, -0.25) is 0 Å². The van der Waals surface area contributed by atoms with Crippen LogP contribution in [0.25, 0.3) is 6.08 Å². The van der Waals surface area contributed by atoms with E-state index in [0.29, 0.717) is 18.7 Å². The maximum absolute atomic E-state index is 10.6. The molecule has 1 saturated carbocycles. The van der Waals surface area contributed by atoms with Gasteiger partial charge in [-0.05, 0) is 25.8 Å². The van der Waals surface area contributed by atoms with Gasteiger partial charge in [0.2, 0.25) is 0 Å². The molecule has 4 N–H and O–H groups in total. The van der Waals surface area contributed by atoms with Gasteiger partial charge in [-0.15, -0.1) is 0 Å². The van der Waals surface area contributed by atoms with E-state index in [2.05, 4.69) is 0 Å². The van der Waals surface area contributed by atoms with E-state index in [1.807, 2.05) is 30.4 Å². The maximum Gasteiger partial charge on any atom is 0.131 e. The monoisotopic (exact) mass is 305 g/mol. The lowest BCUT2D eigenvalue weighted by Gasteiger charge is -2.29. The number of hydrogen-bond acceptors (Lipinski definition) is 4. The molecule has 0 spiro atoms. The normalized spacial score (nSPS) is 19.3. The fourth-order valence-electron chi connectivity index (χ4n) is 3.09. The second-order valence-corrected chi connectivity index (χ2v) is 6.06. The second-order valence-electron chi connectivity index (χ2n) is 6.06. The van der Waals surface area contributed by atoms with E-state index in [-0.39, 0.29) is 0 Å². The van der Waals surface area contributed by atoms with Crippen LogP contribution in [-0.4, -0.2) is 29.5 Å². The Morgan fingerprint density at radius 2 is 2.05 bits per heavy atom. The zero-order valence-electron chi connectivity index (χ0n) is 13.3. The van der Waals surface area contributed by atoms with Gasteiger partial charge in [0.1, 0.15) is 5.75 Å². The molecular formula is C18H27NO3. The van der Waals surface area contributed by atoms with Crippen molar-refractivity contribution in [3.8, 4) is 5.75 Å². The third-order valence-corrected chi connectivity index (χ3v) is 4.37. The van der Waals surface area contributed by atoms with E-state index >= 15 is 0 Å². The van der Waals surface area contributed by atoms with Crippen molar-refractivity contribution in [2.24, 2.45) is 5.73 Å². The molecule has 0 aliphatic heterocycles. The Morgan fingerprint density at radius 3 is 2.68 bits per heavy atom. The van der Waals surface area contributed by atoms with E-state index in [0.717, 1.165) is 36.8 Å². The molecule has 2 rings (SSSR count). The van der Waals surface area contributed by atoms with E-state index in [9.17, 15) is 10.2 Å². The van der Waals surface area contributed by atoms with Gasteiger partial charge in [-0.25, -0.2) is 0 Å². The van der Waals surface area contributed by atoms with Crippen LogP contribution < -0.4 is 10.5 Å². The molecule has 0 radical (unpaired) electrons. The molecule has 122 valence electrons. The molecule has 1 aliphatic carbocycles. The number of benzene rings is 1. The van der Waals surface area contributed by atoms with Crippen molar-refractivity contribution in [2.75, 3.05) is 13.7 Å². The number of methoxy groups -OCH3 is 1. The fraction of sp³-hybridized carbons (Fsp3) is 0.556. The Bertz CT molecular complexity index is 507. The Morgan fingerprint density at radius 1 is 1.32 bits per heavy atom. The predicted octanol–water partition coefficient (Wildman–Crippen LogP) is 2.79. The standard InChI is InChI=1S/C18H27NO3/c1-22-17-14(6-5-7-15(17)16(20)9-13-19)8-12-18(21)10-3-2-4-11-18/h5-8,12,16,20-21H,2-4,9-11,13,19H2,1H3/b12-8+. The summed E-state index contributed by atoms with van der Waals surface area (Å²) >= 11 is 0. The van der Waals surface area contributed by atoms with Gasteiger partial charge >= 0.3 is 0 Å². The van der Waals surface area contributed by atoms with Crippen LogP contribution in [0.3, 0.4) is 0 Å². The van der Waals surface area contributed by atoms with Crippen LogP contribution in [0.4, 0.5) is 0 Å². The highest BCUT2D eigenvalue weighted by Gasteiger charge is 2.26. The summed E-state index contributed by atoms with van der Waals surface area (Å²) in [6, 6.07) is 5.67. The average molecular weight is 305 g/mol. The Balaban J connectivity index is 2.25. The third-order valence-electron chi connectivity index (χ3n) is 4.37. The first-order valence-corrected chi connectivity index (χ1v) is 8.06. The van der Waals surface area contributed by atoms with Crippen LogP contribution >= 0.6 is 0 Å². The number of para-hydroxylation sites is 1. The lowest BCUT2D eigenvalue weighted by atomic mass is 9.84. The first kappa shape index (κ1) is 17.0. The predicted molar refractivity (Wildman–Crippen MR) is 88.7 cm³/mol. The van der Waals surface area contributed by atoms with Crippen molar-refractivity contribution < 1.29 is 14.9 Å². The molecule has 1 aromatic rings. The van der Waals surface area contributed by atoms with Crippen molar-refractivity contribution in [2.45, 2.75) is 50.2 Å². The summed E-state index contributed by atoms with van der Waals surface area (Å²) in [6.07, 6.45) is 8.58. The summed E-state index contributed by atoms with van der Waals surface area (Å²) < 4.78 is 5.48. The van der Waals surface area contributed by atoms with Gasteiger partial charge in [-0.1, -0.05) is 49.6 Å². The second kappa shape index (κ2) is 7.77. The van der Waals surface area contributed by atoms with Crippen molar-refractivity contribution in [3.05, 3.63) is 35.4 Å². The van der Waals surface area contributed by atoms with Crippen molar-refractivity contribution in [1.29, 1.82) is 0 Å². The molecular weight excluding hydrogens is 278 g/mol. The molecule has 0 saturated heterocycles. The van der Waals surface area contributed by atoms with Gasteiger partial charge < -0.3 is 20.7 Å². The number of hydrogen-bond donors (Lipinski definition) is 3. The molecule has 4 heteroatoms. The molecule has 1 unspecified atom stereocenters. The minimum atomic E-state index is -0.713. The van der Waals surface area contributed by atoms with Gasteiger partial charge in [0, 0.05) is 11.1 Å². The molecule has 1 fully saturated rings. The smallest absolute Gasteiger partial charge is 0.131 e. The molecule has 0 bridgehead atoms. The SMILES string of the molecule is COc1c(/C=C/C2(O)CCCCC2)cccc1C(O)CCN. The van der Waals surface area contributed by atoms with Crippen LogP contribution in [0, 0.1) is 0 Å².